The summed E-state index contributed by atoms with van der Waals surface area (Å²) in [5.74, 6) is -1.27. The lowest BCUT2D eigenvalue weighted by Gasteiger charge is -2.26. The average molecular weight is 504 g/mol. The van der Waals surface area contributed by atoms with Crippen LogP contribution in [0.15, 0.2) is 60.2 Å². The van der Waals surface area contributed by atoms with Crippen molar-refractivity contribution in [3.63, 3.8) is 0 Å². The fraction of sp³-hybridized carbons (Fsp3) is 0.515. The summed E-state index contributed by atoms with van der Waals surface area (Å²) in [7, 11) is 0. The van der Waals surface area contributed by atoms with Crippen molar-refractivity contribution >= 4 is 17.3 Å². The highest BCUT2D eigenvalue weighted by Gasteiger charge is 2.37. The van der Waals surface area contributed by atoms with Gasteiger partial charge in [0.15, 0.2) is 0 Å². The van der Waals surface area contributed by atoms with Crippen molar-refractivity contribution in [1.82, 2.24) is 5.32 Å². The number of fused-ring (bicyclic) bond motifs is 1. The predicted molar refractivity (Wildman–Crippen MR) is 153 cm³/mol. The Morgan fingerprint density at radius 2 is 1.11 bits per heavy atom. The van der Waals surface area contributed by atoms with E-state index in [1.54, 1.807) is 24.3 Å². The Bertz CT molecular complexity index is 1010. The van der Waals surface area contributed by atoms with Crippen molar-refractivity contribution in [1.29, 1.82) is 0 Å². The molecule has 2 aromatic carbocycles. The molecule has 0 aliphatic heterocycles. The molecule has 4 nitrogen and oxygen atoms in total. The van der Waals surface area contributed by atoms with Gasteiger partial charge >= 0.3 is 0 Å². The number of rotatable bonds is 18. The first-order valence-electron chi connectivity index (χ1n) is 14.5. The molecular weight excluding hydrogens is 458 g/mol. The van der Waals surface area contributed by atoms with Crippen LogP contribution in [0.4, 0.5) is 0 Å². The highest BCUT2D eigenvalue weighted by atomic mass is 16.3. The highest BCUT2D eigenvalue weighted by molar-refractivity contribution is 6.52. The second-order valence-corrected chi connectivity index (χ2v) is 10.4. The van der Waals surface area contributed by atoms with Gasteiger partial charge in [0.05, 0.1) is 11.6 Å². The first-order valence-corrected chi connectivity index (χ1v) is 14.5. The summed E-state index contributed by atoms with van der Waals surface area (Å²) in [4.78, 5) is 25.9. The average Bonchev–Trinajstić information content (AvgIpc) is 2.93. The van der Waals surface area contributed by atoms with Crippen molar-refractivity contribution in [3.8, 4) is 0 Å². The lowest BCUT2D eigenvalue weighted by molar-refractivity contribution is -0.112. The fourth-order valence-corrected chi connectivity index (χ4v) is 5.25. The number of Topliss-reactive ketones (excluding diaryl/α,β-unsaturated/α-hetero) is 2. The number of nitrogens with one attached hydrogen (secondary N) is 1. The second-order valence-electron chi connectivity index (χ2n) is 10.4. The highest BCUT2D eigenvalue weighted by Crippen LogP contribution is 2.35. The third-order valence-electron chi connectivity index (χ3n) is 7.43. The number of carbonyl (C=O) groups is 2. The molecule has 1 atom stereocenters. The smallest absolute Gasteiger partial charge is 0.235 e. The molecule has 0 aromatic heterocycles. The van der Waals surface area contributed by atoms with Crippen LogP contribution in [0.5, 0.6) is 0 Å². The normalized spacial score (nSPS) is 14.2. The largest absolute Gasteiger partial charge is 0.507 e. The molecule has 2 aromatic rings. The standard InChI is InChI=1S/C33H45NO3/c1-2-3-4-5-6-7-8-9-10-11-12-13-14-20-25-34-30(26-21-16-15-17-22-26)29-31(35)27-23-18-19-24-28(27)32(36)33(29)37/h15-19,21-24,30,34-35H,2-14,20,25H2,1H3/t30-/m1/s1. The molecule has 0 saturated carbocycles. The van der Waals surface area contributed by atoms with Crippen molar-refractivity contribution in [3.05, 3.63) is 76.9 Å². The molecule has 0 amide bonds. The van der Waals surface area contributed by atoms with Gasteiger partial charge in [-0.3, -0.25) is 9.59 Å². The number of aliphatic hydroxyl groups excluding tert-OH is 1. The minimum Gasteiger partial charge on any atom is -0.507 e. The molecule has 0 unspecified atom stereocenters. The summed E-state index contributed by atoms with van der Waals surface area (Å²) in [5, 5.41) is 14.5. The van der Waals surface area contributed by atoms with Crippen LogP contribution in [0.1, 0.15) is 124 Å². The maximum Gasteiger partial charge on any atom is 0.235 e. The molecular formula is C33H45NO3. The SMILES string of the molecule is CCCCCCCCCCCCCCCCN[C@@H](C1=C(O)c2ccccc2C(=O)C1=O)c1ccccc1. The Hall–Kier alpha value is -2.72. The molecule has 0 bridgehead atoms. The summed E-state index contributed by atoms with van der Waals surface area (Å²) < 4.78 is 0. The molecule has 37 heavy (non-hydrogen) atoms. The van der Waals surface area contributed by atoms with E-state index in [9.17, 15) is 14.7 Å². The summed E-state index contributed by atoms with van der Waals surface area (Å²) in [6.07, 6.45) is 18.3. The second kappa shape index (κ2) is 16.2. The third-order valence-corrected chi connectivity index (χ3v) is 7.43. The van der Waals surface area contributed by atoms with E-state index in [2.05, 4.69) is 12.2 Å². The van der Waals surface area contributed by atoms with Crippen molar-refractivity contribution in [2.24, 2.45) is 0 Å². The molecule has 0 radical (unpaired) electrons. The Balaban J connectivity index is 1.43. The zero-order valence-corrected chi connectivity index (χ0v) is 22.6. The van der Waals surface area contributed by atoms with E-state index in [4.69, 9.17) is 0 Å². The quantitative estimate of drug-likeness (QED) is 0.158. The van der Waals surface area contributed by atoms with Crippen LogP contribution >= 0.6 is 0 Å². The number of aliphatic hydroxyl groups is 1. The molecule has 2 N–H and O–H groups in total. The fourth-order valence-electron chi connectivity index (χ4n) is 5.25. The molecule has 1 aliphatic rings. The number of hydrogen-bond donors (Lipinski definition) is 2. The topological polar surface area (TPSA) is 66.4 Å². The molecule has 0 spiro atoms. The van der Waals surface area contributed by atoms with Crippen LogP contribution in [-0.4, -0.2) is 23.2 Å². The molecule has 1 aliphatic carbocycles. The summed E-state index contributed by atoms with van der Waals surface area (Å²) in [6.45, 7) is 2.99. The van der Waals surface area contributed by atoms with E-state index in [1.165, 1.54) is 77.0 Å². The van der Waals surface area contributed by atoms with Gasteiger partial charge in [-0.1, -0.05) is 145 Å². The van der Waals surface area contributed by atoms with E-state index in [-0.39, 0.29) is 16.9 Å². The molecule has 0 fully saturated rings. The third kappa shape index (κ3) is 8.67. The van der Waals surface area contributed by atoms with Crippen LogP contribution in [-0.2, 0) is 4.79 Å². The van der Waals surface area contributed by atoms with Crippen molar-refractivity contribution in [2.75, 3.05) is 6.54 Å². The van der Waals surface area contributed by atoms with Gasteiger partial charge in [0.2, 0.25) is 11.6 Å². The molecule has 0 saturated heterocycles. The van der Waals surface area contributed by atoms with Crippen molar-refractivity contribution < 1.29 is 14.7 Å². The lowest BCUT2D eigenvalue weighted by Crippen LogP contribution is -2.34. The minimum absolute atomic E-state index is 0.0949. The number of ketones is 2. The van der Waals surface area contributed by atoms with Crippen LogP contribution in [0, 0.1) is 0 Å². The van der Waals surface area contributed by atoms with E-state index in [0.29, 0.717) is 5.56 Å². The van der Waals surface area contributed by atoms with E-state index < -0.39 is 17.6 Å². The van der Waals surface area contributed by atoms with Crippen LogP contribution in [0.25, 0.3) is 5.76 Å². The van der Waals surface area contributed by atoms with Crippen LogP contribution in [0.2, 0.25) is 0 Å². The first-order chi connectivity index (χ1) is 18.1. The van der Waals surface area contributed by atoms with E-state index in [1.807, 2.05) is 30.3 Å². The first kappa shape index (κ1) is 28.8. The number of carbonyl (C=O) groups excluding carboxylic acids is 2. The van der Waals surface area contributed by atoms with Gasteiger partial charge in [0.25, 0.3) is 0 Å². The Morgan fingerprint density at radius 1 is 0.622 bits per heavy atom. The van der Waals surface area contributed by atoms with Gasteiger partial charge in [-0.25, -0.2) is 0 Å². The maximum absolute atomic E-state index is 13.1. The Morgan fingerprint density at radius 3 is 1.68 bits per heavy atom. The summed E-state index contributed by atoms with van der Waals surface area (Å²) >= 11 is 0. The monoisotopic (exact) mass is 503 g/mol. The summed E-state index contributed by atoms with van der Waals surface area (Å²) in [5.41, 5.74) is 1.73. The number of benzene rings is 2. The van der Waals surface area contributed by atoms with Gasteiger partial charge in [-0.2, -0.15) is 0 Å². The van der Waals surface area contributed by atoms with E-state index in [0.717, 1.165) is 24.9 Å². The number of unbranched alkanes of at least 4 members (excludes halogenated alkanes) is 13. The molecule has 200 valence electrons. The van der Waals surface area contributed by atoms with Crippen molar-refractivity contribution in [2.45, 2.75) is 103 Å². The predicted octanol–water partition coefficient (Wildman–Crippen LogP) is 8.53. The molecule has 4 heteroatoms. The zero-order valence-electron chi connectivity index (χ0n) is 22.6. The molecule has 3 rings (SSSR count). The number of hydrogen-bond acceptors (Lipinski definition) is 4. The van der Waals surface area contributed by atoms with Crippen LogP contribution < -0.4 is 5.32 Å². The maximum atomic E-state index is 13.1. The van der Waals surface area contributed by atoms with Gasteiger partial charge in [-0.05, 0) is 18.5 Å². The Labute approximate surface area is 223 Å². The molecule has 0 heterocycles. The van der Waals surface area contributed by atoms with Gasteiger partial charge in [-0.15, -0.1) is 0 Å². The lowest BCUT2D eigenvalue weighted by atomic mass is 9.83. The zero-order chi connectivity index (χ0) is 26.3. The summed E-state index contributed by atoms with van der Waals surface area (Å²) in [6, 6.07) is 15.9. The van der Waals surface area contributed by atoms with Gasteiger partial charge in [0, 0.05) is 11.1 Å². The Kier molecular flexibility index (Phi) is 12.6. The van der Waals surface area contributed by atoms with Gasteiger partial charge in [0.1, 0.15) is 5.76 Å². The van der Waals surface area contributed by atoms with E-state index >= 15 is 0 Å². The van der Waals surface area contributed by atoms with Crippen LogP contribution in [0.3, 0.4) is 0 Å². The minimum atomic E-state index is -0.626. The van der Waals surface area contributed by atoms with Gasteiger partial charge < -0.3 is 10.4 Å².